The second-order valence-electron chi connectivity index (χ2n) is 3.57. The quantitative estimate of drug-likeness (QED) is 0.856. The molecule has 0 spiro atoms. The Morgan fingerprint density at radius 3 is 2.73 bits per heavy atom. The van der Waals surface area contributed by atoms with Crippen LogP contribution in [0.3, 0.4) is 0 Å². The minimum absolute atomic E-state index is 0.130. The van der Waals surface area contributed by atoms with E-state index in [4.69, 9.17) is 0 Å². The van der Waals surface area contributed by atoms with Gasteiger partial charge in [-0.1, -0.05) is 0 Å². The molecule has 1 aliphatic rings. The van der Waals surface area contributed by atoms with Crippen molar-refractivity contribution >= 4 is 26.3 Å². The summed E-state index contributed by atoms with van der Waals surface area (Å²) >= 11 is 1.55. The summed E-state index contributed by atoms with van der Waals surface area (Å²) in [5, 5.41) is 5.15. The molecule has 6 heteroatoms. The molecule has 15 heavy (non-hydrogen) atoms. The van der Waals surface area contributed by atoms with Crippen LogP contribution in [0.2, 0.25) is 0 Å². The molecule has 4 nitrogen and oxygen atoms in total. The van der Waals surface area contributed by atoms with E-state index in [0.29, 0.717) is 0 Å². The highest BCUT2D eigenvalue weighted by Gasteiger charge is 2.22. The summed E-state index contributed by atoms with van der Waals surface area (Å²) in [4.78, 5) is 5.46. The number of aromatic nitrogens is 1. The molecule has 2 rings (SSSR count). The first-order chi connectivity index (χ1) is 6.96. The molecule has 0 fully saturated rings. The number of nitrogens with zero attached hydrogens (tertiary/aromatic N) is 1. The fourth-order valence-electron chi connectivity index (χ4n) is 1.36. The highest BCUT2D eigenvalue weighted by molar-refractivity contribution is 7.94. The van der Waals surface area contributed by atoms with E-state index in [9.17, 15) is 8.42 Å². The van der Waals surface area contributed by atoms with E-state index < -0.39 is 9.84 Å². The van der Waals surface area contributed by atoms with Gasteiger partial charge in [-0.05, 0) is 19.9 Å². The summed E-state index contributed by atoms with van der Waals surface area (Å²) in [7, 11) is -2.99. The predicted molar refractivity (Wildman–Crippen MR) is 61.9 cm³/mol. The molecular weight excluding hydrogens is 232 g/mol. The van der Waals surface area contributed by atoms with Crippen molar-refractivity contribution in [2.45, 2.75) is 19.9 Å². The van der Waals surface area contributed by atoms with E-state index in [0.717, 1.165) is 15.7 Å². The summed E-state index contributed by atoms with van der Waals surface area (Å²) in [5.74, 6) is 0.130. The van der Waals surface area contributed by atoms with E-state index >= 15 is 0 Å². The Balaban J connectivity index is 2.08. The van der Waals surface area contributed by atoms with Crippen LogP contribution < -0.4 is 5.32 Å². The lowest BCUT2D eigenvalue weighted by molar-refractivity contribution is 0.605. The lowest BCUT2D eigenvalue weighted by Gasteiger charge is -2.06. The Bertz CT molecular complexity index is 483. The minimum Gasteiger partial charge on any atom is -0.354 e. The maximum Gasteiger partial charge on any atom is 0.183 e. The topological polar surface area (TPSA) is 59.1 Å². The first-order valence-electron chi connectivity index (χ1n) is 4.58. The lowest BCUT2D eigenvalue weighted by Crippen LogP contribution is -2.20. The zero-order chi connectivity index (χ0) is 11.1. The Kier molecular flexibility index (Phi) is 2.56. The molecule has 1 atom stereocenters. The second-order valence-corrected chi connectivity index (χ2v) is 6.70. The first-order valence-corrected chi connectivity index (χ1v) is 7.11. The number of hydrogen-bond acceptors (Lipinski definition) is 5. The number of hydrogen-bond donors (Lipinski definition) is 1. The third-order valence-corrected chi connectivity index (χ3v) is 4.67. The third-order valence-electron chi connectivity index (χ3n) is 2.27. The average Bonchev–Trinajstić information content (AvgIpc) is 2.58. The molecule has 0 amide bonds. The van der Waals surface area contributed by atoms with Crippen molar-refractivity contribution < 1.29 is 8.42 Å². The van der Waals surface area contributed by atoms with Crippen molar-refractivity contribution in [2.24, 2.45) is 0 Å². The maximum atomic E-state index is 11.2. The maximum absolute atomic E-state index is 11.2. The number of thiazole rings is 1. The molecule has 1 N–H and O–H groups in total. The molecular formula is C9H12N2O2S2. The van der Waals surface area contributed by atoms with Gasteiger partial charge in [0.1, 0.15) is 0 Å². The fraction of sp³-hybridized carbons (Fsp3) is 0.444. The number of nitrogens with one attached hydrogen (secondary N) is 1. The molecule has 82 valence electrons. The van der Waals surface area contributed by atoms with Crippen LogP contribution in [0.15, 0.2) is 11.5 Å². The minimum atomic E-state index is -2.99. The van der Waals surface area contributed by atoms with Crippen molar-refractivity contribution in [3.63, 3.8) is 0 Å². The van der Waals surface area contributed by atoms with Crippen LogP contribution in [-0.4, -0.2) is 25.2 Å². The molecule has 0 saturated carbocycles. The van der Waals surface area contributed by atoms with Crippen LogP contribution in [0.4, 0.5) is 5.13 Å². The van der Waals surface area contributed by atoms with Gasteiger partial charge >= 0.3 is 0 Å². The van der Waals surface area contributed by atoms with Crippen LogP contribution in [0.1, 0.15) is 10.6 Å². The summed E-state index contributed by atoms with van der Waals surface area (Å²) in [6.07, 6.45) is 1.67. The Labute approximate surface area is 93.0 Å². The normalized spacial score (nSPS) is 23.2. The van der Waals surface area contributed by atoms with Crippen LogP contribution in [-0.2, 0) is 9.84 Å². The Morgan fingerprint density at radius 1 is 1.53 bits per heavy atom. The van der Waals surface area contributed by atoms with Gasteiger partial charge in [0.15, 0.2) is 15.0 Å². The van der Waals surface area contributed by atoms with Gasteiger partial charge in [-0.2, -0.15) is 0 Å². The molecule has 1 aromatic heterocycles. The van der Waals surface area contributed by atoms with Crippen molar-refractivity contribution in [2.75, 3.05) is 11.1 Å². The molecule has 0 radical (unpaired) electrons. The largest absolute Gasteiger partial charge is 0.354 e. The number of sulfone groups is 1. The van der Waals surface area contributed by atoms with Gasteiger partial charge in [0.2, 0.25) is 0 Å². The van der Waals surface area contributed by atoms with Gasteiger partial charge in [0.25, 0.3) is 0 Å². The van der Waals surface area contributed by atoms with E-state index in [2.05, 4.69) is 10.3 Å². The van der Waals surface area contributed by atoms with Crippen molar-refractivity contribution in [3.8, 4) is 0 Å². The van der Waals surface area contributed by atoms with Crippen molar-refractivity contribution in [1.82, 2.24) is 4.98 Å². The van der Waals surface area contributed by atoms with Crippen molar-refractivity contribution in [1.29, 1.82) is 0 Å². The van der Waals surface area contributed by atoms with Gasteiger partial charge in [-0.15, -0.1) is 11.3 Å². The zero-order valence-corrected chi connectivity index (χ0v) is 10.2. The monoisotopic (exact) mass is 244 g/mol. The number of rotatable bonds is 2. The van der Waals surface area contributed by atoms with Gasteiger partial charge in [-0.25, -0.2) is 13.4 Å². The summed E-state index contributed by atoms with van der Waals surface area (Å²) in [5.41, 5.74) is 0.993. The molecule has 2 heterocycles. The van der Waals surface area contributed by atoms with Crippen LogP contribution in [0.25, 0.3) is 0 Å². The fourth-order valence-corrected chi connectivity index (χ4v) is 3.47. The molecule has 1 aromatic rings. The lowest BCUT2D eigenvalue weighted by atomic mass is 10.3. The molecule has 0 saturated heterocycles. The van der Waals surface area contributed by atoms with Crippen LogP contribution in [0.5, 0.6) is 0 Å². The first kappa shape index (κ1) is 10.6. The van der Waals surface area contributed by atoms with Gasteiger partial charge < -0.3 is 5.32 Å². The van der Waals surface area contributed by atoms with E-state index in [1.54, 1.807) is 17.4 Å². The predicted octanol–water partition coefficient (Wildman–Crippen LogP) is 1.48. The number of anilines is 1. The Morgan fingerprint density at radius 2 is 2.27 bits per heavy atom. The smallest absolute Gasteiger partial charge is 0.183 e. The summed E-state index contributed by atoms with van der Waals surface area (Å²) in [6, 6.07) is -0.139. The molecule has 0 bridgehead atoms. The van der Waals surface area contributed by atoms with Gasteiger partial charge in [0, 0.05) is 10.3 Å². The number of aryl methyl sites for hydroxylation is 2. The summed E-state index contributed by atoms with van der Waals surface area (Å²) < 4.78 is 22.3. The SMILES string of the molecule is Cc1nc(NC2C=CS(=O)(=O)C2)sc1C. The zero-order valence-electron chi connectivity index (χ0n) is 8.52. The van der Waals surface area contributed by atoms with E-state index in [-0.39, 0.29) is 11.8 Å². The average molecular weight is 244 g/mol. The highest BCUT2D eigenvalue weighted by atomic mass is 32.2. The second kappa shape index (κ2) is 3.61. The van der Waals surface area contributed by atoms with Crippen LogP contribution >= 0.6 is 11.3 Å². The molecule has 1 unspecified atom stereocenters. The highest BCUT2D eigenvalue weighted by Crippen LogP contribution is 2.23. The molecule has 0 aliphatic carbocycles. The third kappa shape index (κ3) is 2.38. The van der Waals surface area contributed by atoms with E-state index in [1.165, 1.54) is 5.41 Å². The van der Waals surface area contributed by atoms with Crippen molar-refractivity contribution in [3.05, 3.63) is 22.1 Å². The van der Waals surface area contributed by atoms with Gasteiger partial charge in [-0.3, -0.25) is 0 Å². The molecule has 1 aliphatic heterocycles. The van der Waals surface area contributed by atoms with Crippen LogP contribution in [0, 0.1) is 13.8 Å². The standard InChI is InChI=1S/C9H12N2O2S2/c1-6-7(2)14-9(10-6)11-8-3-4-15(12,13)5-8/h3-4,8H,5H2,1-2H3,(H,10,11). The van der Waals surface area contributed by atoms with E-state index in [1.807, 2.05) is 13.8 Å². The summed E-state index contributed by atoms with van der Waals surface area (Å²) in [6.45, 7) is 3.94. The Hall–Kier alpha value is -0.880. The molecule has 0 aromatic carbocycles. The van der Waals surface area contributed by atoms with Gasteiger partial charge in [0.05, 0.1) is 17.5 Å².